The molecule has 0 aliphatic heterocycles. The van der Waals surface area contributed by atoms with Gasteiger partial charge in [0.05, 0.1) is 6.04 Å². The molecule has 0 saturated carbocycles. The Balaban J connectivity index is 2.04. The Labute approximate surface area is 114 Å². The van der Waals surface area contributed by atoms with Crippen LogP contribution in [0.1, 0.15) is 24.9 Å². The van der Waals surface area contributed by atoms with Crippen LogP contribution in [0.25, 0.3) is 11.6 Å². The van der Waals surface area contributed by atoms with E-state index < -0.39 is 0 Å². The third-order valence-electron chi connectivity index (χ3n) is 3.01. The number of rotatable bonds is 4. The largest absolute Gasteiger partial charge is 0.319 e. The fourth-order valence-electron chi connectivity index (χ4n) is 2.03. The van der Waals surface area contributed by atoms with E-state index in [2.05, 4.69) is 31.5 Å². The van der Waals surface area contributed by atoms with Crippen LogP contribution in [0.15, 0.2) is 30.3 Å². The van der Waals surface area contributed by atoms with Crippen LogP contribution in [0.3, 0.4) is 0 Å². The summed E-state index contributed by atoms with van der Waals surface area (Å²) in [4.78, 5) is 13.1. The highest BCUT2D eigenvalue weighted by atomic mass is 32.1. The van der Waals surface area contributed by atoms with Crippen LogP contribution in [0.5, 0.6) is 0 Å². The van der Waals surface area contributed by atoms with Crippen LogP contribution in [0, 0.1) is 0 Å². The van der Waals surface area contributed by atoms with Crippen LogP contribution in [0.4, 0.5) is 0 Å². The van der Waals surface area contributed by atoms with Crippen molar-refractivity contribution in [1.82, 2.24) is 29.3 Å². The van der Waals surface area contributed by atoms with Gasteiger partial charge in [0.1, 0.15) is 11.3 Å². The molecule has 0 radical (unpaired) electrons. The highest BCUT2D eigenvalue weighted by Gasteiger charge is 2.18. The lowest BCUT2D eigenvalue weighted by atomic mass is 10.3. The molecule has 0 saturated heterocycles. The van der Waals surface area contributed by atoms with Gasteiger partial charge in [-0.3, -0.25) is 0 Å². The van der Waals surface area contributed by atoms with Crippen LogP contribution in [-0.4, -0.2) is 29.3 Å². The molecule has 0 aliphatic rings. The molecule has 0 amide bonds. The van der Waals surface area contributed by atoms with E-state index in [4.69, 9.17) is 0 Å². The molecule has 0 aromatic carbocycles. The third-order valence-corrected chi connectivity index (χ3v) is 3.96. The second-order valence-electron chi connectivity index (χ2n) is 4.10. The van der Waals surface area contributed by atoms with Gasteiger partial charge < -0.3 is 4.57 Å². The average Bonchev–Trinajstić information content (AvgIpc) is 3.16. The summed E-state index contributed by atoms with van der Waals surface area (Å²) in [7, 11) is 0. The van der Waals surface area contributed by atoms with Crippen molar-refractivity contribution in [3.8, 4) is 11.6 Å². The first-order valence-electron chi connectivity index (χ1n) is 6.11. The Kier molecular flexibility index (Phi) is 3.12. The zero-order valence-corrected chi connectivity index (χ0v) is 11.6. The minimum Gasteiger partial charge on any atom is -0.319 e. The summed E-state index contributed by atoms with van der Waals surface area (Å²) < 4.78 is 3.92. The smallest absolute Gasteiger partial charge is 0.194 e. The Morgan fingerprint density at radius 2 is 2.11 bits per heavy atom. The minimum absolute atomic E-state index is 0.138. The van der Waals surface area contributed by atoms with Crippen LogP contribution >= 0.6 is 11.3 Å². The number of aromatic nitrogens is 6. The third kappa shape index (κ3) is 2.06. The molecular weight excluding hydrogens is 260 g/mol. The first-order chi connectivity index (χ1) is 9.31. The van der Waals surface area contributed by atoms with Gasteiger partial charge in [0.15, 0.2) is 11.6 Å². The molecule has 0 unspecified atom stereocenters. The molecule has 0 fully saturated rings. The first kappa shape index (κ1) is 12.0. The number of hydrogen-bond acceptors (Lipinski definition) is 5. The fraction of sp³-hybridized carbons (Fsp3) is 0.333. The Hall–Kier alpha value is -2.02. The first-order valence-corrected chi connectivity index (χ1v) is 6.99. The molecule has 1 atom stereocenters. The van der Waals surface area contributed by atoms with Gasteiger partial charge in [0.25, 0.3) is 0 Å². The van der Waals surface area contributed by atoms with Gasteiger partial charge in [-0.2, -0.15) is 5.10 Å². The number of thiazole rings is 1. The van der Waals surface area contributed by atoms with E-state index in [9.17, 15) is 0 Å². The monoisotopic (exact) mass is 274 g/mol. The lowest BCUT2D eigenvalue weighted by molar-refractivity contribution is 0.619. The molecule has 6 nitrogen and oxygen atoms in total. The molecule has 0 bridgehead atoms. The summed E-state index contributed by atoms with van der Waals surface area (Å²) in [5, 5.41) is 7.23. The molecule has 3 aromatic heterocycles. The Bertz CT molecular complexity index is 653. The van der Waals surface area contributed by atoms with Crippen LogP contribution < -0.4 is 0 Å². The Morgan fingerprint density at radius 3 is 2.84 bits per heavy atom. The van der Waals surface area contributed by atoms with Gasteiger partial charge in [0, 0.05) is 30.5 Å². The highest BCUT2D eigenvalue weighted by Crippen LogP contribution is 2.25. The van der Waals surface area contributed by atoms with Crippen molar-refractivity contribution in [2.45, 2.75) is 26.4 Å². The normalized spacial score (nSPS) is 12.7. The second kappa shape index (κ2) is 4.93. The molecule has 7 heteroatoms. The van der Waals surface area contributed by atoms with Crippen molar-refractivity contribution in [2.75, 3.05) is 0 Å². The minimum atomic E-state index is 0.138. The van der Waals surface area contributed by atoms with Gasteiger partial charge in [-0.1, -0.05) is 0 Å². The zero-order valence-electron chi connectivity index (χ0n) is 10.8. The summed E-state index contributed by atoms with van der Waals surface area (Å²) in [6.45, 7) is 4.92. The van der Waals surface area contributed by atoms with Gasteiger partial charge in [-0.15, -0.1) is 11.3 Å². The number of hydrogen-bond donors (Lipinski definition) is 0. The molecule has 19 heavy (non-hydrogen) atoms. The van der Waals surface area contributed by atoms with E-state index in [1.807, 2.05) is 29.4 Å². The van der Waals surface area contributed by atoms with E-state index in [-0.39, 0.29) is 6.04 Å². The van der Waals surface area contributed by atoms with Crippen molar-refractivity contribution in [2.24, 2.45) is 0 Å². The lowest BCUT2D eigenvalue weighted by Crippen LogP contribution is -2.10. The van der Waals surface area contributed by atoms with E-state index in [0.717, 1.165) is 23.2 Å². The summed E-state index contributed by atoms with van der Waals surface area (Å²) >= 11 is 1.64. The van der Waals surface area contributed by atoms with Crippen molar-refractivity contribution < 1.29 is 0 Å². The molecule has 98 valence electrons. The number of aryl methyl sites for hydroxylation is 1. The van der Waals surface area contributed by atoms with Crippen LogP contribution in [0.2, 0.25) is 0 Å². The summed E-state index contributed by atoms with van der Waals surface area (Å²) in [5.41, 5.74) is 0. The predicted octanol–water partition coefficient (Wildman–Crippen LogP) is 2.23. The maximum atomic E-state index is 4.41. The molecule has 0 aliphatic carbocycles. The van der Waals surface area contributed by atoms with Gasteiger partial charge in [-0.05, 0) is 13.8 Å². The average molecular weight is 274 g/mol. The van der Waals surface area contributed by atoms with Crippen LogP contribution in [-0.2, 0) is 6.54 Å². The maximum absolute atomic E-state index is 4.41. The zero-order chi connectivity index (χ0) is 13.2. The molecule has 0 spiro atoms. The standard InChI is InChI=1S/C12H14N6S/c1-3-18-11(15-8-16-18)10-13-4-6-17(10)9(2)12-14-5-7-19-12/h4-9H,3H2,1-2H3/t9-/m0/s1. The van der Waals surface area contributed by atoms with Gasteiger partial charge >= 0.3 is 0 Å². The van der Waals surface area contributed by atoms with E-state index in [1.54, 1.807) is 23.9 Å². The van der Waals surface area contributed by atoms with Crippen molar-refractivity contribution in [3.63, 3.8) is 0 Å². The molecule has 3 heterocycles. The topological polar surface area (TPSA) is 61.4 Å². The second-order valence-corrected chi connectivity index (χ2v) is 5.03. The van der Waals surface area contributed by atoms with E-state index >= 15 is 0 Å². The molecular formula is C12H14N6S. The van der Waals surface area contributed by atoms with Crippen molar-refractivity contribution >= 4 is 11.3 Å². The fourth-order valence-corrected chi connectivity index (χ4v) is 2.72. The molecule has 3 aromatic rings. The number of imidazole rings is 1. The lowest BCUT2D eigenvalue weighted by Gasteiger charge is -2.13. The quantitative estimate of drug-likeness (QED) is 0.732. The molecule has 3 rings (SSSR count). The predicted molar refractivity (Wildman–Crippen MR) is 72.8 cm³/mol. The number of nitrogens with zero attached hydrogens (tertiary/aromatic N) is 6. The SMILES string of the molecule is CCn1ncnc1-c1nccn1[C@@H](C)c1nccs1. The van der Waals surface area contributed by atoms with Crippen molar-refractivity contribution in [1.29, 1.82) is 0 Å². The van der Waals surface area contributed by atoms with Crippen molar-refractivity contribution in [3.05, 3.63) is 35.3 Å². The highest BCUT2D eigenvalue weighted by molar-refractivity contribution is 7.09. The maximum Gasteiger partial charge on any atom is 0.194 e. The van der Waals surface area contributed by atoms with Gasteiger partial charge in [-0.25, -0.2) is 19.6 Å². The van der Waals surface area contributed by atoms with Gasteiger partial charge in [0.2, 0.25) is 0 Å². The molecule has 0 N–H and O–H groups in total. The summed E-state index contributed by atoms with van der Waals surface area (Å²) in [6, 6.07) is 0.138. The van der Waals surface area contributed by atoms with E-state index in [1.165, 1.54) is 0 Å². The Morgan fingerprint density at radius 1 is 1.21 bits per heavy atom. The summed E-state index contributed by atoms with van der Waals surface area (Å²) in [6.07, 6.45) is 7.12. The van der Waals surface area contributed by atoms with E-state index in [0.29, 0.717) is 0 Å². The summed E-state index contributed by atoms with van der Waals surface area (Å²) in [5.74, 6) is 1.61.